The zero-order valence-corrected chi connectivity index (χ0v) is 12.1. The van der Waals surface area contributed by atoms with Gasteiger partial charge in [0.2, 0.25) is 0 Å². The van der Waals surface area contributed by atoms with E-state index in [0.29, 0.717) is 12.5 Å². The van der Waals surface area contributed by atoms with E-state index in [-0.39, 0.29) is 11.6 Å². The first-order valence-corrected chi connectivity index (χ1v) is 7.34. The number of rotatable bonds is 4. The van der Waals surface area contributed by atoms with Gasteiger partial charge in [-0.15, -0.1) is 11.3 Å². The third kappa shape index (κ3) is 2.54. The summed E-state index contributed by atoms with van der Waals surface area (Å²) in [7, 11) is 0. The number of hydrogen-bond acceptors (Lipinski definition) is 3. The molecule has 1 N–H and O–H groups in total. The lowest BCUT2D eigenvalue weighted by molar-refractivity contribution is 0.294. The highest BCUT2D eigenvalue weighted by Crippen LogP contribution is 2.28. The van der Waals surface area contributed by atoms with Gasteiger partial charge in [0.1, 0.15) is 6.61 Å². The Morgan fingerprint density at radius 2 is 2.20 bits per heavy atom. The van der Waals surface area contributed by atoms with Crippen LogP contribution < -0.4 is 4.74 Å². The number of aromatic amines is 1. The Labute approximate surface area is 120 Å². The van der Waals surface area contributed by atoms with Crippen LogP contribution in [-0.2, 0) is 6.61 Å². The largest absolute Gasteiger partial charge is 0.485 e. The van der Waals surface area contributed by atoms with Gasteiger partial charge >= 0.3 is 0 Å². The van der Waals surface area contributed by atoms with Gasteiger partial charge in [0.15, 0.2) is 11.6 Å². The maximum Gasteiger partial charge on any atom is 0.165 e. The Morgan fingerprint density at radius 3 is 2.90 bits per heavy atom. The van der Waals surface area contributed by atoms with Gasteiger partial charge in [-0.1, -0.05) is 13.8 Å². The SMILES string of the molecule is CC(C)c1cc2cc(F)c(OCc3cncs3)cc2[nH]1. The number of halogens is 1. The summed E-state index contributed by atoms with van der Waals surface area (Å²) >= 11 is 1.49. The molecule has 3 nitrogen and oxygen atoms in total. The van der Waals surface area contributed by atoms with Crippen molar-refractivity contribution in [1.29, 1.82) is 0 Å². The van der Waals surface area contributed by atoms with Crippen molar-refractivity contribution in [2.75, 3.05) is 0 Å². The Balaban J connectivity index is 1.88. The second-order valence-electron chi connectivity index (χ2n) is 5.01. The average Bonchev–Trinajstić information content (AvgIpc) is 3.04. The molecule has 0 saturated heterocycles. The summed E-state index contributed by atoms with van der Waals surface area (Å²) < 4.78 is 19.5. The van der Waals surface area contributed by atoms with E-state index in [0.717, 1.165) is 21.5 Å². The van der Waals surface area contributed by atoms with Crippen molar-refractivity contribution in [3.63, 3.8) is 0 Å². The molecule has 0 bridgehead atoms. The van der Waals surface area contributed by atoms with Crippen LogP contribution in [0.2, 0.25) is 0 Å². The van der Waals surface area contributed by atoms with E-state index in [2.05, 4.69) is 23.8 Å². The van der Waals surface area contributed by atoms with E-state index >= 15 is 0 Å². The van der Waals surface area contributed by atoms with Gasteiger partial charge in [-0.3, -0.25) is 4.98 Å². The van der Waals surface area contributed by atoms with E-state index in [1.807, 2.05) is 6.07 Å². The molecule has 0 aliphatic rings. The maximum absolute atomic E-state index is 14.0. The molecule has 0 fully saturated rings. The molecule has 0 unspecified atom stereocenters. The molecule has 5 heteroatoms. The standard InChI is InChI=1S/C15H15FN2OS/c1-9(2)13-4-10-3-12(16)15(5-14(10)18-13)19-7-11-6-17-8-20-11/h3-6,8-9,18H,7H2,1-2H3. The monoisotopic (exact) mass is 290 g/mol. The van der Waals surface area contributed by atoms with Crippen molar-refractivity contribution >= 4 is 22.2 Å². The normalized spacial score (nSPS) is 11.4. The molecule has 0 spiro atoms. The van der Waals surface area contributed by atoms with Crippen molar-refractivity contribution in [2.45, 2.75) is 26.4 Å². The van der Waals surface area contributed by atoms with Crippen LogP contribution in [0.15, 0.2) is 29.9 Å². The van der Waals surface area contributed by atoms with E-state index in [9.17, 15) is 4.39 Å². The minimum absolute atomic E-state index is 0.267. The Hall–Kier alpha value is -1.88. The number of ether oxygens (including phenoxy) is 1. The van der Waals surface area contributed by atoms with Crippen LogP contribution in [0.5, 0.6) is 5.75 Å². The number of thiazole rings is 1. The number of hydrogen-bond donors (Lipinski definition) is 1. The fourth-order valence-electron chi connectivity index (χ4n) is 2.04. The number of fused-ring (bicyclic) bond motifs is 1. The number of nitrogens with one attached hydrogen (secondary N) is 1. The van der Waals surface area contributed by atoms with Crippen molar-refractivity contribution in [3.8, 4) is 5.75 Å². The van der Waals surface area contributed by atoms with Crippen molar-refractivity contribution in [2.24, 2.45) is 0 Å². The number of H-pyrrole nitrogens is 1. The first-order chi connectivity index (χ1) is 9.63. The molecule has 3 rings (SSSR count). The Morgan fingerprint density at radius 1 is 1.35 bits per heavy atom. The van der Waals surface area contributed by atoms with Gasteiger partial charge in [-0.2, -0.15) is 0 Å². The molecule has 104 valence electrons. The summed E-state index contributed by atoms with van der Waals surface area (Å²) in [5, 5.41) is 0.872. The molecule has 0 aliphatic heterocycles. The Kier molecular flexibility index (Phi) is 3.44. The van der Waals surface area contributed by atoms with Crippen molar-refractivity contribution in [3.05, 3.63) is 46.3 Å². The van der Waals surface area contributed by atoms with Crippen LogP contribution in [0.3, 0.4) is 0 Å². The molecule has 0 radical (unpaired) electrons. The third-order valence-corrected chi connectivity index (χ3v) is 3.92. The van der Waals surface area contributed by atoms with Gasteiger partial charge in [-0.25, -0.2) is 4.39 Å². The first kappa shape index (κ1) is 13.1. The van der Waals surface area contributed by atoms with E-state index in [4.69, 9.17) is 4.74 Å². The quantitative estimate of drug-likeness (QED) is 0.770. The zero-order chi connectivity index (χ0) is 14.1. The summed E-state index contributed by atoms with van der Waals surface area (Å²) in [6, 6.07) is 5.22. The Bertz CT molecular complexity index is 719. The third-order valence-electron chi connectivity index (χ3n) is 3.17. The number of benzene rings is 1. The van der Waals surface area contributed by atoms with Gasteiger partial charge in [0, 0.05) is 28.9 Å². The van der Waals surface area contributed by atoms with Crippen molar-refractivity contribution in [1.82, 2.24) is 9.97 Å². The van der Waals surface area contributed by atoms with E-state index in [1.165, 1.54) is 17.4 Å². The lowest BCUT2D eigenvalue weighted by atomic mass is 10.1. The highest BCUT2D eigenvalue weighted by molar-refractivity contribution is 7.09. The smallest absolute Gasteiger partial charge is 0.165 e. The van der Waals surface area contributed by atoms with E-state index in [1.54, 1.807) is 17.8 Å². The molecule has 0 amide bonds. The lowest BCUT2D eigenvalue weighted by Gasteiger charge is -2.05. The molecule has 3 aromatic rings. The molecule has 20 heavy (non-hydrogen) atoms. The van der Waals surface area contributed by atoms with Crippen molar-refractivity contribution < 1.29 is 9.13 Å². The minimum atomic E-state index is -0.337. The summed E-state index contributed by atoms with van der Waals surface area (Å²) in [6.07, 6.45) is 1.73. The molecular weight excluding hydrogens is 275 g/mol. The highest BCUT2D eigenvalue weighted by atomic mass is 32.1. The predicted molar refractivity (Wildman–Crippen MR) is 78.8 cm³/mol. The molecule has 2 aromatic heterocycles. The minimum Gasteiger partial charge on any atom is -0.485 e. The summed E-state index contributed by atoms with van der Waals surface area (Å²) in [5.74, 6) is 0.311. The summed E-state index contributed by atoms with van der Waals surface area (Å²) in [6.45, 7) is 4.54. The van der Waals surface area contributed by atoms with Gasteiger partial charge in [-0.05, 0) is 18.1 Å². The topological polar surface area (TPSA) is 37.9 Å². The summed E-state index contributed by atoms with van der Waals surface area (Å²) in [5.41, 5.74) is 3.73. The highest BCUT2D eigenvalue weighted by Gasteiger charge is 2.10. The average molecular weight is 290 g/mol. The summed E-state index contributed by atoms with van der Waals surface area (Å²) in [4.78, 5) is 8.24. The van der Waals surface area contributed by atoms with Gasteiger partial charge < -0.3 is 9.72 Å². The fourth-order valence-corrected chi connectivity index (χ4v) is 2.55. The second kappa shape index (κ2) is 5.25. The molecular formula is C15H15FN2OS. The first-order valence-electron chi connectivity index (χ1n) is 6.46. The van der Waals surface area contributed by atoms with Crippen LogP contribution in [-0.4, -0.2) is 9.97 Å². The number of nitrogens with zero attached hydrogens (tertiary/aromatic N) is 1. The van der Waals surface area contributed by atoms with Crippen LogP contribution in [0.25, 0.3) is 10.9 Å². The van der Waals surface area contributed by atoms with E-state index < -0.39 is 0 Å². The zero-order valence-electron chi connectivity index (χ0n) is 11.3. The molecule has 0 saturated carbocycles. The molecule has 0 atom stereocenters. The van der Waals surface area contributed by atoms with Crippen LogP contribution >= 0.6 is 11.3 Å². The van der Waals surface area contributed by atoms with Gasteiger partial charge in [0.25, 0.3) is 0 Å². The molecule has 1 aromatic carbocycles. The van der Waals surface area contributed by atoms with Crippen LogP contribution in [0, 0.1) is 5.82 Å². The molecule has 2 heterocycles. The maximum atomic E-state index is 14.0. The lowest BCUT2D eigenvalue weighted by Crippen LogP contribution is -1.95. The van der Waals surface area contributed by atoms with Gasteiger partial charge in [0.05, 0.1) is 10.4 Å². The molecule has 0 aliphatic carbocycles. The predicted octanol–water partition coefficient (Wildman–Crippen LogP) is 4.47. The van der Waals surface area contributed by atoms with Crippen LogP contribution in [0.4, 0.5) is 4.39 Å². The second-order valence-corrected chi connectivity index (χ2v) is 5.98. The number of aromatic nitrogens is 2. The van der Waals surface area contributed by atoms with Crippen LogP contribution in [0.1, 0.15) is 30.3 Å². The fraction of sp³-hybridized carbons (Fsp3) is 0.267.